The molecule has 0 atom stereocenters. The number of methoxy groups -OCH3 is 1. The molecule has 0 fully saturated rings. The molecule has 3 aromatic rings. The van der Waals surface area contributed by atoms with E-state index in [-0.39, 0.29) is 11.9 Å². The molecule has 0 saturated carbocycles. The van der Waals surface area contributed by atoms with Crippen LogP contribution in [0.3, 0.4) is 0 Å². The molecule has 2 aromatic carbocycles. The highest BCUT2D eigenvalue weighted by Crippen LogP contribution is 2.22. The first kappa shape index (κ1) is 18.9. The van der Waals surface area contributed by atoms with Crippen LogP contribution in [-0.4, -0.2) is 41.3 Å². The number of amides is 1. The lowest BCUT2D eigenvalue weighted by Crippen LogP contribution is -2.30. The van der Waals surface area contributed by atoms with E-state index in [0.717, 1.165) is 27.9 Å². The number of benzene rings is 2. The van der Waals surface area contributed by atoms with Gasteiger partial charge in [0.15, 0.2) is 0 Å². The maximum Gasteiger partial charge on any atom is 0.239 e. The normalized spacial score (nSPS) is 11.3. The summed E-state index contributed by atoms with van der Waals surface area (Å²) in [7, 11) is 3.61. The Morgan fingerprint density at radius 1 is 1.19 bits per heavy atom. The Labute approximate surface area is 159 Å². The number of aromatic nitrogens is 2. The van der Waals surface area contributed by atoms with Crippen LogP contribution in [0, 0.1) is 0 Å². The van der Waals surface area contributed by atoms with Crippen molar-refractivity contribution in [3.8, 4) is 5.75 Å². The first-order valence-electron chi connectivity index (χ1n) is 9.05. The minimum absolute atomic E-state index is 0.0505. The molecule has 0 aliphatic heterocycles. The number of ether oxygens (including phenoxy) is 1. The van der Waals surface area contributed by atoms with Crippen molar-refractivity contribution < 1.29 is 9.53 Å². The first-order valence-corrected chi connectivity index (χ1v) is 9.05. The van der Waals surface area contributed by atoms with Crippen LogP contribution in [-0.2, 0) is 11.3 Å². The van der Waals surface area contributed by atoms with Crippen LogP contribution >= 0.6 is 0 Å². The molecular weight excluding hydrogens is 340 g/mol. The molecule has 1 heterocycles. The van der Waals surface area contributed by atoms with Gasteiger partial charge in [0.25, 0.3) is 0 Å². The topological polar surface area (TPSA) is 59.4 Å². The molecule has 0 radical (unpaired) electrons. The third kappa shape index (κ3) is 4.65. The molecule has 0 unspecified atom stereocenters. The van der Waals surface area contributed by atoms with Gasteiger partial charge in [-0.15, -0.1) is 0 Å². The molecular formula is C21H26N4O2. The molecule has 0 aliphatic carbocycles. The van der Waals surface area contributed by atoms with E-state index in [0.29, 0.717) is 13.1 Å². The second-order valence-electron chi connectivity index (χ2n) is 7.02. The van der Waals surface area contributed by atoms with Crippen molar-refractivity contribution in [3.63, 3.8) is 0 Å². The quantitative estimate of drug-likeness (QED) is 0.693. The van der Waals surface area contributed by atoms with Crippen molar-refractivity contribution >= 4 is 22.5 Å². The van der Waals surface area contributed by atoms with Crippen molar-refractivity contribution in [1.82, 2.24) is 14.7 Å². The Morgan fingerprint density at radius 2 is 1.93 bits per heavy atom. The summed E-state index contributed by atoms with van der Waals surface area (Å²) in [5, 5.41) is 9.47. The summed E-state index contributed by atoms with van der Waals surface area (Å²) in [5.41, 5.74) is 1.16. The molecule has 0 aliphatic rings. The predicted molar refractivity (Wildman–Crippen MR) is 108 cm³/mol. The molecule has 0 saturated heterocycles. The third-order valence-corrected chi connectivity index (χ3v) is 4.40. The van der Waals surface area contributed by atoms with Gasteiger partial charge in [-0.05, 0) is 55.4 Å². The summed E-state index contributed by atoms with van der Waals surface area (Å²) in [6, 6.07) is 14.4. The minimum atomic E-state index is -0.0505. The van der Waals surface area contributed by atoms with Crippen molar-refractivity contribution in [1.29, 1.82) is 0 Å². The molecule has 3 rings (SSSR count). The van der Waals surface area contributed by atoms with Crippen molar-refractivity contribution in [2.75, 3.05) is 26.0 Å². The summed E-state index contributed by atoms with van der Waals surface area (Å²) < 4.78 is 7.07. The van der Waals surface area contributed by atoms with Crippen LogP contribution in [0.1, 0.15) is 25.5 Å². The van der Waals surface area contributed by atoms with Crippen LogP contribution in [0.2, 0.25) is 0 Å². The number of fused-ring (bicyclic) bond motifs is 1. The largest absolute Gasteiger partial charge is 0.497 e. The minimum Gasteiger partial charge on any atom is -0.497 e. The van der Waals surface area contributed by atoms with Gasteiger partial charge in [0.2, 0.25) is 5.91 Å². The van der Waals surface area contributed by atoms with Gasteiger partial charge >= 0.3 is 0 Å². The van der Waals surface area contributed by atoms with E-state index in [1.165, 1.54) is 0 Å². The SMILES string of the molecule is COc1ccc2cc(CN(C)CC(=O)Nc3ccnn3C(C)C)ccc2c1. The molecule has 0 bridgehead atoms. The average Bonchev–Trinajstić information content (AvgIpc) is 3.09. The molecule has 0 spiro atoms. The van der Waals surface area contributed by atoms with E-state index in [9.17, 15) is 4.79 Å². The molecule has 27 heavy (non-hydrogen) atoms. The zero-order valence-corrected chi connectivity index (χ0v) is 16.3. The summed E-state index contributed by atoms with van der Waals surface area (Å²) in [4.78, 5) is 14.4. The Morgan fingerprint density at radius 3 is 2.67 bits per heavy atom. The smallest absolute Gasteiger partial charge is 0.239 e. The number of likely N-dealkylation sites (N-methyl/N-ethyl adjacent to an activating group) is 1. The molecule has 6 nitrogen and oxygen atoms in total. The number of nitrogens with one attached hydrogen (secondary N) is 1. The van der Waals surface area contributed by atoms with Crippen molar-refractivity contribution in [2.45, 2.75) is 26.4 Å². The van der Waals surface area contributed by atoms with E-state index in [1.807, 2.05) is 44.0 Å². The first-order chi connectivity index (χ1) is 13.0. The van der Waals surface area contributed by atoms with Gasteiger partial charge in [-0.25, -0.2) is 4.68 Å². The van der Waals surface area contributed by atoms with Crippen molar-refractivity contribution in [2.24, 2.45) is 0 Å². The zero-order chi connectivity index (χ0) is 19.4. The molecule has 6 heteroatoms. The van der Waals surface area contributed by atoms with Crippen LogP contribution in [0.25, 0.3) is 10.8 Å². The van der Waals surface area contributed by atoms with E-state index >= 15 is 0 Å². The number of carbonyl (C=O) groups is 1. The third-order valence-electron chi connectivity index (χ3n) is 4.40. The Kier molecular flexibility index (Phi) is 5.76. The van der Waals surface area contributed by atoms with E-state index in [2.05, 4.69) is 34.7 Å². The standard InChI is InChI=1S/C21H26N4O2/c1-15(2)25-20(9-10-22-25)23-21(26)14-24(3)13-16-5-6-18-12-19(27-4)8-7-17(18)11-16/h5-12,15H,13-14H2,1-4H3,(H,23,26). The maximum atomic E-state index is 12.4. The Bertz CT molecular complexity index is 933. The zero-order valence-electron chi connectivity index (χ0n) is 16.3. The summed E-state index contributed by atoms with van der Waals surface area (Å²) in [6.07, 6.45) is 1.70. The van der Waals surface area contributed by atoms with Crippen LogP contribution in [0.5, 0.6) is 5.75 Å². The fraction of sp³-hybridized carbons (Fsp3) is 0.333. The molecule has 1 amide bonds. The highest BCUT2D eigenvalue weighted by atomic mass is 16.5. The molecule has 1 aromatic heterocycles. The fourth-order valence-electron chi connectivity index (χ4n) is 3.12. The summed E-state index contributed by atoms with van der Waals surface area (Å²) in [5.74, 6) is 1.53. The monoisotopic (exact) mass is 366 g/mol. The van der Waals surface area contributed by atoms with Crippen molar-refractivity contribution in [3.05, 3.63) is 54.2 Å². The highest BCUT2D eigenvalue weighted by Gasteiger charge is 2.12. The van der Waals surface area contributed by atoms with Gasteiger partial charge in [0, 0.05) is 18.7 Å². The van der Waals surface area contributed by atoms with Gasteiger partial charge in [-0.1, -0.05) is 18.2 Å². The lowest BCUT2D eigenvalue weighted by molar-refractivity contribution is -0.117. The van der Waals surface area contributed by atoms with Crippen LogP contribution < -0.4 is 10.1 Å². The van der Waals surface area contributed by atoms with E-state index in [1.54, 1.807) is 18.0 Å². The highest BCUT2D eigenvalue weighted by molar-refractivity contribution is 5.91. The lowest BCUT2D eigenvalue weighted by Gasteiger charge is -2.18. The number of hydrogen-bond donors (Lipinski definition) is 1. The second kappa shape index (κ2) is 8.22. The fourth-order valence-corrected chi connectivity index (χ4v) is 3.12. The number of hydrogen-bond acceptors (Lipinski definition) is 4. The second-order valence-corrected chi connectivity index (χ2v) is 7.02. The van der Waals surface area contributed by atoms with Gasteiger partial charge < -0.3 is 10.1 Å². The summed E-state index contributed by atoms with van der Waals surface area (Å²) in [6.45, 7) is 5.07. The maximum absolute atomic E-state index is 12.4. The van der Waals surface area contributed by atoms with Crippen LogP contribution in [0.4, 0.5) is 5.82 Å². The van der Waals surface area contributed by atoms with Gasteiger partial charge in [0.05, 0.1) is 19.9 Å². The van der Waals surface area contributed by atoms with Gasteiger partial charge in [-0.3, -0.25) is 9.69 Å². The number of nitrogens with zero attached hydrogens (tertiary/aromatic N) is 3. The predicted octanol–water partition coefficient (Wildman–Crippen LogP) is 3.70. The average molecular weight is 366 g/mol. The lowest BCUT2D eigenvalue weighted by atomic mass is 10.1. The number of anilines is 1. The van der Waals surface area contributed by atoms with Gasteiger partial charge in [-0.2, -0.15) is 5.10 Å². The van der Waals surface area contributed by atoms with E-state index < -0.39 is 0 Å². The Hall–Kier alpha value is -2.86. The summed E-state index contributed by atoms with van der Waals surface area (Å²) >= 11 is 0. The number of rotatable bonds is 7. The Balaban J connectivity index is 1.61. The number of carbonyl (C=O) groups excluding carboxylic acids is 1. The van der Waals surface area contributed by atoms with Gasteiger partial charge in [0.1, 0.15) is 11.6 Å². The molecule has 142 valence electrons. The van der Waals surface area contributed by atoms with E-state index in [4.69, 9.17) is 4.74 Å². The molecule has 1 N–H and O–H groups in total. The van der Waals surface area contributed by atoms with Crippen LogP contribution in [0.15, 0.2) is 48.7 Å².